The first-order valence-corrected chi connectivity index (χ1v) is 7.32. The summed E-state index contributed by atoms with van der Waals surface area (Å²) < 4.78 is 39.7. The summed E-state index contributed by atoms with van der Waals surface area (Å²) in [4.78, 5) is 3.40. The Morgan fingerprint density at radius 2 is 2.10 bits per heavy atom. The van der Waals surface area contributed by atoms with Crippen molar-refractivity contribution in [3.63, 3.8) is 0 Å². The highest BCUT2D eigenvalue weighted by molar-refractivity contribution is 7.92. The van der Waals surface area contributed by atoms with Crippen LogP contribution >= 0.6 is 11.6 Å². The average molecular weight is 317 g/mol. The zero-order valence-electron chi connectivity index (χ0n) is 10.0. The second-order valence-electron chi connectivity index (χ2n) is 3.87. The van der Waals surface area contributed by atoms with Crippen LogP contribution in [0.1, 0.15) is 5.56 Å². The number of aromatic nitrogens is 1. The monoisotopic (exact) mass is 316 g/mol. The predicted molar refractivity (Wildman–Crippen MR) is 72.4 cm³/mol. The minimum absolute atomic E-state index is 0.116. The summed E-state index contributed by atoms with van der Waals surface area (Å²) in [5, 5.41) is 9.09. The van der Waals surface area contributed by atoms with Crippen LogP contribution in [0.3, 0.4) is 0 Å². The SMILES string of the molecule is O=S(=O)(Nc1ccncc1F)c1ccc(CO)c(Cl)c1. The highest BCUT2D eigenvalue weighted by atomic mass is 35.5. The summed E-state index contributed by atoms with van der Waals surface area (Å²) in [6.45, 7) is -0.300. The van der Waals surface area contributed by atoms with E-state index in [2.05, 4.69) is 9.71 Å². The van der Waals surface area contributed by atoms with Gasteiger partial charge in [-0.25, -0.2) is 12.8 Å². The van der Waals surface area contributed by atoms with Crippen molar-refractivity contribution in [2.45, 2.75) is 11.5 Å². The zero-order valence-corrected chi connectivity index (χ0v) is 11.6. The largest absolute Gasteiger partial charge is 0.392 e. The normalized spacial score (nSPS) is 11.3. The van der Waals surface area contributed by atoms with Gasteiger partial charge in [0, 0.05) is 11.2 Å². The van der Waals surface area contributed by atoms with Crippen LogP contribution in [0.25, 0.3) is 0 Å². The predicted octanol–water partition coefficient (Wildman–Crippen LogP) is 2.17. The number of pyridine rings is 1. The molecule has 1 aromatic carbocycles. The van der Waals surface area contributed by atoms with Crippen molar-refractivity contribution in [3.05, 3.63) is 53.1 Å². The third-order valence-electron chi connectivity index (χ3n) is 2.52. The first-order chi connectivity index (χ1) is 9.44. The van der Waals surface area contributed by atoms with Gasteiger partial charge in [0.05, 0.1) is 23.4 Å². The fourth-order valence-corrected chi connectivity index (χ4v) is 2.88. The first-order valence-electron chi connectivity index (χ1n) is 5.45. The smallest absolute Gasteiger partial charge is 0.262 e. The third-order valence-corrected chi connectivity index (χ3v) is 4.24. The van der Waals surface area contributed by atoms with E-state index in [1.54, 1.807) is 0 Å². The molecule has 0 saturated heterocycles. The van der Waals surface area contributed by atoms with Crippen LogP contribution in [0, 0.1) is 5.82 Å². The molecule has 0 aliphatic heterocycles. The summed E-state index contributed by atoms with van der Waals surface area (Å²) in [6, 6.07) is 5.06. The second-order valence-corrected chi connectivity index (χ2v) is 5.96. The standard InChI is InChI=1S/C12H10ClFN2O3S/c13-10-5-9(2-1-8(10)7-17)20(18,19)16-12-3-4-15-6-11(12)14/h1-6,17H,7H2,(H,15,16). The van der Waals surface area contributed by atoms with Crippen LogP contribution in [0.2, 0.25) is 5.02 Å². The van der Waals surface area contributed by atoms with Gasteiger partial charge in [-0.05, 0) is 23.8 Å². The van der Waals surface area contributed by atoms with E-state index < -0.39 is 15.8 Å². The molecule has 2 rings (SSSR count). The molecule has 20 heavy (non-hydrogen) atoms. The Labute approximate surface area is 120 Å². The highest BCUT2D eigenvalue weighted by Crippen LogP contribution is 2.23. The summed E-state index contributed by atoms with van der Waals surface area (Å²) in [7, 11) is -3.97. The minimum atomic E-state index is -3.97. The maximum Gasteiger partial charge on any atom is 0.262 e. The van der Waals surface area contributed by atoms with Gasteiger partial charge in [-0.2, -0.15) is 0 Å². The lowest BCUT2D eigenvalue weighted by molar-refractivity contribution is 0.282. The summed E-state index contributed by atoms with van der Waals surface area (Å²) in [5.74, 6) is -0.783. The molecule has 1 heterocycles. The number of nitrogens with zero attached hydrogens (tertiary/aromatic N) is 1. The molecule has 1 aromatic heterocycles. The number of aliphatic hydroxyl groups excluding tert-OH is 1. The van der Waals surface area contributed by atoms with Crippen LogP contribution in [0.4, 0.5) is 10.1 Å². The molecular formula is C12H10ClFN2O3S. The van der Waals surface area contributed by atoms with Crippen molar-refractivity contribution in [1.82, 2.24) is 4.98 Å². The number of benzene rings is 1. The van der Waals surface area contributed by atoms with Gasteiger partial charge < -0.3 is 5.11 Å². The van der Waals surface area contributed by atoms with Crippen molar-refractivity contribution in [1.29, 1.82) is 0 Å². The van der Waals surface area contributed by atoms with Crippen LogP contribution < -0.4 is 4.72 Å². The maximum atomic E-state index is 13.4. The van der Waals surface area contributed by atoms with Crippen molar-refractivity contribution in [2.24, 2.45) is 0 Å². The van der Waals surface area contributed by atoms with Crippen LogP contribution in [-0.2, 0) is 16.6 Å². The molecule has 2 aromatic rings. The molecule has 0 aliphatic rings. The molecule has 0 radical (unpaired) electrons. The summed E-state index contributed by atoms with van der Waals surface area (Å²) in [6.07, 6.45) is 2.17. The van der Waals surface area contributed by atoms with Crippen molar-refractivity contribution in [3.8, 4) is 0 Å². The number of halogens is 2. The first kappa shape index (κ1) is 14.7. The highest BCUT2D eigenvalue weighted by Gasteiger charge is 2.17. The molecule has 0 atom stereocenters. The van der Waals surface area contributed by atoms with Crippen LogP contribution in [0.15, 0.2) is 41.6 Å². The summed E-state index contributed by atoms with van der Waals surface area (Å²) in [5.41, 5.74) is 0.197. The Morgan fingerprint density at radius 3 is 2.70 bits per heavy atom. The van der Waals surface area contributed by atoms with E-state index >= 15 is 0 Å². The number of hydrogen-bond acceptors (Lipinski definition) is 4. The fraction of sp³-hybridized carbons (Fsp3) is 0.0833. The molecule has 0 fully saturated rings. The summed E-state index contributed by atoms with van der Waals surface area (Å²) >= 11 is 5.83. The zero-order chi connectivity index (χ0) is 14.8. The molecule has 0 bridgehead atoms. The van der Waals surface area contributed by atoms with Crippen molar-refractivity contribution in [2.75, 3.05) is 4.72 Å². The fourth-order valence-electron chi connectivity index (χ4n) is 1.49. The molecule has 0 aliphatic carbocycles. The van der Waals surface area contributed by atoms with E-state index in [-0.39, 0.29) is 22.2 Å². The lowest BCUT2D eigenvalue weighted by atomic mass is 10.2. The van der Waals surface area contributed by atoms with Gasteiger partial charge >= 0.3 is 0 Å². The molecule has 5 nitrogen and oxygen atoms in total. The van der Waals surface area contributed by atoms with Gasteiger partial charge in [-0.1, -0.05) is 17.7 Å². The number of nitrogens with one attached hydrogen (secondary N) is 1. The maximum absolute atomic E-state index is 13.4. The van der Waals surface area contributed by atoms with Crippen molar-refractivity contribution >= 4 is 27.3 Å². The molecule has 0 saturated carbocycles. The number of hydrogen-bond donors (Lipinski definition) is 2. The topological polar surface area (TPSA) is 79.3 Å². The lowest BCUT2D eigenvalue weighted by Gasteiger charge is -2.10. The van der Waals surface area contributed by atoms with Gasteiger partial charge in [0.25, 0.3) is 10.0 Å². The van der Waals surface area contributed by atoms with E-state index in [1.165, 1.54) is 30.5 Å². The second kappa shape index (κ2) is 5.74. The molecule has 0 unspecified atom stereocenters. The number of rotatable bonds is 4. The number of aliphatic hydroxyl groups is 1. The molecule has 0 spiro atoms. The van der Waals surface area contributed by atoms with Gasteiger partial charge in [-0.15, -0.1) is 0 Å². The van der Waals surface area contributed by atoms with Gasteiger partial charge in [0.15, 0.2) is 5.82 Å². The van der Waals surface area contributed by atoms with Crippen LogP contribution in [-0.4, -0.2) is 18.5 Å². The molecule has 106 valence electrons. The lowest BCUT2D eigenvalue weighted by Crippen LogP contribution is -2.14. The van der Waals surface area contributed by atoms with Crippen molar-refractivity contribution < 1.29 is 17.9 Å². The van der Waals surface area contributed by atoms with E-state index in [4.69, 9.17) is 16.7 Å². The van der Waals surface area contributed by atoms with Gasteiger partial charge in [0.1, 0.15) is 0 Å². The third kappa shape index (κ3) is 3.06. The van der Waals surface area contributed by atoms with Gasteiger partial charge in [-0.3, -0.25) is 9.71 Å². The van der Waals surface area contributed by atoms with Gasteiger partial charge in [0.2, 0.25) is 0 Å². The van der Waals surface area contributed by atoms with E-state index in [1.807, 2.05) is 0 Å². The molecule has 8 heteroatoms. The van der Waals surface area contributed by atoms with E-state index in [9.17, 15) is 12.8 Å². The Morgan fingerprint density at radius 1 is 1.35 bits per heavy atom. The Balaban J connectivity index is 2.36. The van der Waals surface area contributed by atoms with E-state index in [0.29, 0.717) is 5.56 Å². The van der Waals surface area contributed by atoms with Crippen LogP contribution in [0.5, 0.6) is 0 Å². The minimum Gasteiger partial charge on any atom is -0.392 e. The Bertz CT molecular complexity index is 737. The average Bonchev–Trinajstić information content (AvgIpc) is 2.41. The molecule has 0 amide bonds. The number of anilines is 1. The molecule has 2 N–H and O–H groups in total. The molecular weight excluding hydrogens is 307 g/mol. The number of sulfonamides is 1. The van der Waals surface area contributed by atoms with E-state index in [0.717, 1.165) is 6.20 Å². The Hall–Kier alpha value is -1.70. The quantitative estimate of drug-likeness (QED) is 0.906. The Kier molecular flexibility index (Phi) is 4.22.